The number of esters is 1. The lowest BCUT2D eigenvalue weighted by atomic mass is 9.48. The number of hydrogen-bond acceptors (Lipinski definition) is 3. The van der Waals surface area contributed by atoms with Gasteiger partial charge in [0.2, 0.25) is 5.91 Å². The van der Waals surface area contributed by atoms with Gasteiger partial charge in [0.05, 0.1) is 11.5 Å². The Balaban J connectivity index is 1.59. The van der Waals surface area contributed by atoms with E-state index >= 15 is 0 Å². The predicted octanol–water partition coefficient (Wildman–Crippen LogP) is 3.62. The fourth-order valence-electron chi connectivity index (χ4n) is 5.86. The Morgan fingerprint density at radius 1 is 1.12 bits per heavy atom. The molecule has 0 aliphatic heterocycles. The van der Waals surface area contributed by atoms with Crippen molar-refractivity contribution in [3.05, 3.63) is 35.9 Å². The largest absolute Gasteiger partial charge is 0.461 e. The van der Waals surface area contributed by atoms with Crippen molar-refractivity contribution in [2.24, 2.45) is 23.2 Å². The molecule has 4 aliphatic carbocycles. The lowest BCUT2D eigenvalue weighted by Gasteiger charge is -2.59. The lowest BCUT2D eigenvalue weighted by Crippen LogP contribution is -2.63. The smallest absolute Gasteiger partial charge is 0.302 e. The highest BCUT2D eigenvalue weighted by Crippen LogP contribution is 2.61. The molecule has 25 heavy (non-hydrogen) atoms. The van der Waals surface area contributed by atoms with Gasteiger partial charge >= 0.3 is 5.97 Å². The zero-order chi connectivity index (χ0) is 17.6. The van der Waals surface area contributed by atoms with Gasteiger partial charge in [-0.15, -0.1) is 0 Å². The van der Waals surface area contributed by atoms with Crippen LogP contribution >= 0.6 is 0 Å². The molecule has 1 aromatic carbocycles. The number of benzene rings is 1. The van der Waals surface area contributed by atoms with Crippen LogP contribution in [-0.2, 0) is 14.3 Å². The first kappa shape index (κ1) is 16.6. The van der Waals surface area contributed by atoms with Gasteiger partial charge in [-0.3, -0.25) is 9.59 Å². The average molecular weight is 341 g/mol. The summed E-state index contributed by atoms with van der Waals surface area (Å²) >= 11 is 0. The van der Waals surface area contributed by atoms with Gasteiger partial charge in [-0.2, -0.15) is 0 Å². The molecule has 1 aromatic rings. The second-order valence-corrected chi connectivity index (χ2v) is 8.40. The Bertz CT molecular complexity index is 657. The van der Waals surface area contributed by atoms with Crippen LogP contribution in [0.2, 0.25) is 0 Å². The molecule has 4 bridgehead atoms. The maximum Gasteiger partial charge on any atom is 0.302 e. The molecule has 4 heteroatoms. The molecule has 0 aromatic heterocycles. The summed E-state index contributed by atoms with van der Waals surface area (Å²) in [5.41, 5.74) is 0.577. The number of carbonyl (C=O) groups excluding carboxylic acids is 2. The standard InChI is InChI=1S/C21H27NO3/c1-13(17-6-4-3-5-7-17)22-20(24)21-11-15-8-16(12-21)10-18(9-15)19(21)25-14(2)23/h3-7,13,15-16,18-19H,8-12H2,1-2H3,(H,22,24). The van der Waals surface area contributed by atoms with E-state index in [-0.39, 0.29) is 24.0 Å². The van der Waals surface area contributed by atoms with E-state index in [4.69, 9.17) is 4.74 Å². The van der Waals surface area contributed by atoms with Crippen molar-refractivity contribution in [1.29, 1.82) is 0 Å². The Labute approximate surface area is 149 Å². The summed E-state index contributed by atoms with van der Waals surface area (Å²) in [6.45, 7) is 3.48. The SMILES string of the molecule is CC(=O)OC1C2CC3CC(C2)CC1(C(=O)NC(C)c1ccccc1)C3. The van der Waals surface area contributed by atoms with Gasteiger partial charge < -0.3 is 10.1 Å². The predicted molar refractivity (Wildman–Crippen MR) is 94.5 cm³/mol. The van der Waals surface area contributed by atoms with E-state index in [9.17, 15) is 9.59 Å². The third kappa shape index (κ3) is 2.86. The molecule has 0 heterocycles. The summed E-state index contributed by atoms with van der Waals surface area (Å²) in [6.07, 6.45) is 4.94. The third-order valence-corrected chi connectivity index (χ3v) is 6.61. The monoisotopic (exact) mass is 341 g/mol. The van der Waals surface area contributed by atoms with Gasteiger partial charge in [-0.05, 0) is 62.3 Å². The normalized spacial score (nSPS) is 36.7. The van der Waals surface area contributed by atoms with Crippen molar-refractivity contribution in [2.45, 2.75) is 58.1 Å². The fourth-order valence-corrected chi connectivity index (χ4v) is 5.86. The summed E-state index contributed by atoms with van der Waals surface area (Å²) < 4.78 is 5.74. The van der Waals surface area contributed by atoms with Crippen LogP contribution in [0.15, 0.2) is 30.3 Å². The topological polar surface area (TPSA) is 55.4 Å². The molecule has 1 N–H and O–H groups in total. The number of carbonyl (C=O) groups is 2. The highest BCUT2D eigenvalue weighted by Gasteiger charge is 2.62. The number of hydrogen-bond donors (Lipinski definition) is 1. The van der Waals surface area contributed by atoms with Crippen LogP contribution in [-0.4, -0.2) is 18.0 Å². The number of nitrogens with one attached hydrogen (secondary N) is 1. The van der Waals surface area contributed by atoms with Crippen molar-refractivity contribution >= 4 is 11.9 Å². The molecule has 4 unspecified atom stereocenters. The van der Waals surface area contributed by atoms with Crippen LogP contribution < -0.4 is 5.32 Å². The Morgan fingerprint density at radius 2 is 1.76 bits per heavy atom. The molecule has 134 valence electrons. The fraction of sp³-hybridized carbons (Fsp3) is 0.619. The highest BCUT2D eigenvalue weighted by atomic mass is 16.5. The molecule has 4 atom stereocenters. The summed E-state index contributed by atoms with van der Waals surface area (Å²) in [5.74, 6) is 1.40. The van der Waals surface area contributed by atoms with E-state index in [1.165, 1.54) is 13.3 Å². The van der Waals surface area contributed by atoms with E-state index in [1.54, 1.807) is 0 Å². The maximum atomic E-state index is 13.4. The van der Waals surface area contributed by atoms with Crippen molar-refractivity contribution in [3.63, 3.8) is 0 Å². The van der Waals surface area contributed by atoms with Crippen molar-refractivity contribution in [3.8, 4) is 0 Å². The summed E-state index contributed by atoms with van der Waals surface area (Å²) in [5, 5.41) is 3.23. The van der Waals surface area contributed by atoms with Gasteiger partial charge in [0.15, 0.2) is 0 Å². The van der Waals surface area contributed by atoms with Crippen LogP contribution in [0.4, 0.5) is 0 Å². The minimum Gasteiger partial charge on any atom is -0.461 e. The van der Waals surface area contributed by atoms with Crippen molar-refractivity contribution < 1.29 is 14.3 Å². The number of rotatable bonds is 4. The van der Waals surface area contributed by atoms with Gasteiger partial charge in [0, 0.05) is 6.92 Å². The summed E-state index contributed by atoms with van der Waals surface area (Å²) in [4.78, 5) is 25.1. The third-order valence-electron chi connectivity index (χ3n) is 6.61. The molecule has 5 rings (SSSR count). The summed E-state index contributed by atoms with van der Waals surface area (Å²) in [6, 6.07) is 9.99. The molecule has 4 nitrogen and oxygen atoms in total. The van der Waals surface area contributed by atoms with Crippen LogP contribution in [0.3, 0.4) is 0 Å². The summed E-state index contributed by atoms with van der Waals surface area (Å²) in [7, 11) is 0. The molecule has 4 fully saturated rings. The molecule has 1 amide bonds. The Hall–Kier alpha value is -1.84. The van der Waals surface area contributed by atoms with E-state index < -0.39 is 5.41 Å². The number of amides is 1. The van der Waals surface area contributed by atoms with Gasteiger partial charge in [0.1, 0.15) is 6.10 Å². The van der Waals surface area contributed by atoms with Crippen molar-refractivity contribution in [1.82, 2.24) is 5.32 Å². The zero-order valence-corrected chi connectivity index (χ0v) is 15.0. The average Bonchev–Trinajstić information content (AvgIpc) is 2.58. The molecule has 4 aliphatic rings. The van der Waals surface area contributed by atoms with E-state index in [0.29, 0.717) is 17.8 Å². The zero-order valence-electron chi connectivity index (χ0n) is 15.0. The van der Waals surface area contributed by atoms with E-state index in [2.05, 4.69) is 5.32 Å². The minimum atomic E-state index is -0.524. The first-order valence-corrected chi connectivity index (χ1v) is 9.51. The van der Waals surface area contributed by atoms with Crippen molar-refractivity contribution in [2.75, 3.05) is 0 Å². The lowest BCUT2D eigenvalue weighted by molar-refractivity contribution is -0.196. The first-order valence-electron chi connectivity index (χ1n) is 9.51. The maximum absolute atomic E-state index is 13.4. The molecule has 0 radical (unpaired) electrons. The molecule has 0 spiro atoms. The highest BCUT2D eigenvalue weighted by molar-refractivity contribution is 5.85. The van der Waals surface area contributed by atoms with Gasteiger partial charge in [0.25, 0.3) is 0 Å². The quantitative estimate of drug-likeness (QED) is 0.851. The van der Waals surface area contributed by atoms with Crippen LogP contribution in [0, 0.1) is 23.2 Å². The number of ether oxygens (including phenoxy) is 1. The molecule has 4 saturated carbocycles. The first-order chi connectivity index (χ1) is 12.0. The van der Waals surface area contributed by atoms with Gasteiger partial charge in [-0.25, -0.2) is 0 Å². The Morgan fingerprint density at radius 3 is 2.36 bits per heavy atom. The molecular weight excluding hydrogens is 314 g/mol. The molecule has 0 saturated heterocycles. The van der Waals surface area contributed by atoms with Crippen LogP contribution in [0.1, 0.15) is 57.6 Å². The minimum absolute atomic E-state index is 0.0420. The van der Waals surface area contributed by atoms with Crippen LogP contribution in [0.5, 0.6) is 0 Å². The Kier molecular flexibility index (Phi) is 4.09. The van der Waals surface area contributed by atoms with Gasteiger partial charge in [-0.1, -0.05) is 30.3 Å². The second kappa shape index (κ2) is 6.15. The van der Waals surface area contributed by atoms with E-state index in [0.717, 1.165) is 31.2 Å². The molecular formula is C21H27NO3. The van der Waals surface area contributed by atoms with Crippen LogP contribution in [0.25, 0.3) is 0 Å². The van der Waals surface area contributed by atoms with E-state index in [1.807, 2.05) is 37.3 Å². The second-order valence-electron chi connectivity index (χ2n) is 8.40.